The third kappa shape index (κ3) is 5.66. The highest BCUT2D eigenvalue weighted by molar-refractivity contribution is 5.88. The number of hydrogen-bond donors (Lipinski definition) is 2. The molecule has 0 saturated carbocycles. The molecule has 0 aliphatic rings. The molecule has 2 N–H and O–H groups in total. The second-order valence-electron chi connectivity index (χ2n) is 5.51. The van der Waals surface area contributed by atoms with E-state index in [1.165, 1.54) is 0 Å². The summed E-state index contributed by atoms with van der Waals surface area (Å²) in [5.74, 6) is -20.3. The van der Waals surface area contributed by atoms with Crippen LogP contribution in [0.4, 0.5) is 30.7 Å². The summed E-state index contributed by atoms with van der Waals surface area (Å²) in [6.07, 6.45) is -13.0. The summed E-state index contributed by atoms with van der Waals surface area (Å²) >= 11 is 0. The summed E-state index contributed by atoms with van der Waals surface area (Å²) in [6, 6.07) is 0. The Morgan fingerprint density at radius 1 is 0.963 bits per heavy atom. The van der Waals surface area contributed by atoms with E-state index in [1.807, 2.05) is 0 Å². The van der Waals surface area contributed by atoms with Gasteiger partial charge in [0.15, 0.2) is 0 Å². The van der Waals surface area contributed by atoms with Crippen molar-refractivity contribution >= 4 is 11.9 Å². The van der Waals surface area contributed by atoms with Gasteiger partial charge in [-0.2, -0.15) is 30.7 Å². The van der Waals surface area contributed by atoms with Gasteiger partial charge >= 0.3 is 30.0 Å². The molecule has 6 nitrogen and oxygen atoms in total. The van der Waals surface area contributed by atoms with Gasteiger partial charge < -0.3 is 19.7 Å². The number of aliphatic hydroxyl groups is 2. The van der Waals surface area contributed by atoms with E-state index in [0.717, 1.165) is 13.8 Å². The minimum Gasteiger partial charge on any atom is -0.425 e. The van der Waals surface area contributed by atoms with Crippen LogP contribution >= 0.6 is 0 Å². The Morgan fingerprint density at radius 3 is 1.70 bits per heavy atom. The molecule has 0 amide bonds. The van der Waals surface area contributed by atoms with Crippen LogP contribution in [0.1, 0.15) is 20.3 Å². The number of alkyl halides is 7. The van der Waals surface area contributed by atoms with E-state index in [0.29, 0.717) is 0 Å². The van der Waals surface area contributed by atoms with Crippen LogP contribution in [-0.2, 0) is 19.1 Å². The summed E-state index contributed by atoms with van der Waals surface area (Å²) in [5.41, 5.74) is -1.09. The molecule has 2 atom stereocenters. The van der Waals surface area contributed by atoms with Gasteiger partial charge in [-0.05, 0) is 13.8 Å². The molecular formula is C14H15F7O6. The van der Waals surface area contributed by atoms with E-state index in [-0.39, 0.29) is 0 Å². The second kappa shape index (κ2) is 7.84. The second-order valence-corrected chi connectivity index (χ2v) is 5.51. The Labute approximate surface area is 147 Å². The number of hydrogen-bond acceptors (Lipinski definition) is 6. The van der Waals surface area contributed by atoms with Gasteiger partial charge in [-0.1, -0.05) is 13.2 Å². The zero-order valence-corrected chi connectivity index (χ0v) is 13.9. The lowest BCUT2D eigenvalue weighted by atomic mass is 10.0. The first-order valence-electron chi connectivity index (χ1n) is 6.76. The molecular weight excluding hydrogens is 397 g/mol. The fraction of sp³-hybridized carbons (Fsp3) is 0.571. The molecule has 0 rings (SSSR count). The van der Waals surface area contributed by atoms with Gasteiger partial charge in [-0.3, -0.25) is 0 Å². The largest absolute Gasteiger partial charge is 0.459 e. The third-order valence-corrected chi connectivity index (χ3v) is 2.86. The number of esters is 2. The number of halogens is 7. The maximum absolute atomic E-state index is 13.6. The topological polar surface area (TPSA) is 93.1 Å². The predicted molar refractivity (Wildman–Crippen MR) is 73.3 cm³/mol. The maximum Gasteiger partial charge on any atom is 0.459 e. The van der Waals surface area contributed by atoms with Crippen LogP contribution in [0.3, 0.4) is 0 Å². The highest BCUT2D eigenvalue weighted by Gasteiger charge is 2.75. The molecule has 2 unspecified atom stereocenters. The summed E-state index contributed by atoms with van der Waals surface area (Å²) in [7, 11) is 0. The first-order chi connectivity index (χ1) is 11.8. The smallest absolute Gasteiger partial charge is 0.425 e. The van der Waals surface area contributed by atoms with Crippen LogP contribution in [0.25, 0.3) is 0 Å². The van der Waals surface area contributed by atoms with Crippen LogP contribution in [0.2, 0.25) is 0 Å². The first-order valence-corrected chi connectivity index (χ1v) is 6.76. The van der Waals surface area contributed by atoms with E-state index in [2.05, 4.69) is 22.6 Å². The number of rotatable bonds is 8. The van der Waals surface area contributed by atoms with Gasteiger partial charge in [0, 0.05) is 11.1 Å². The lowest BCUT2D eigenvalue weighted by Crippen LogP contribution is -2.59. The lowest BCUT2D eigenvalue weighted by molar-refractivity contribution is -0.383. The minimum atomic E-state index is -6.75. The van der Waals surface area contributed by atoms with Crippen LogP contribution < -0.4 is 0 Å². The van der Waals surface area contributed by atoms with Crippen molar-refractivity contribution in [3.05, 3.63) is 24.3 Å². The minimum absolute atomic E-state index is 0.477. The van der Waals surface area contributed by atoms with Crippen LogP contribution in [0.5, 0.6) is 0 Å². The summed E-state index contributed by atoms with van der Waals surface area (Å²) in [5, 5.41) is 19.4. The Morgan fingerprint density at radius 2 is 1.37 bits per heavy atom. The maximum atomic E-state index is 13.6. The van der Waals surface area contributed by atoms with Crippen molar-refractivity contribution in [2.45, 2.75) is 50.4 Å². The van der Waals surface area contributed by atoms with Crippen molar-refractivity contribution in [3.8, 4) is 0 Å². The molecule has 156 valence electrons. The molecule has 13 heteroatoms. The highest BCUT2D eigenvalue weighted by Crippen LogP contribution is 2.50. The van der Waals surface area contributed by atoms with Gasteiger partial charge in [0.05, 0.1) is 6.42 Å². The van der Waals surface area contributed by atoms with Gasteiger partial charge in [0.25, 0.3) is 12.1 Å². The molecule has 0 radical (unpaired) electrons. The molecule has 0 aromatic rings. The van der Waals surface area contributed by atoms with E-state index in [4.69, 9.17) is 0 Å². The molecule has 0 saturated heterocycles. The molecule has 0 aliphatic carbocycles. The average molecular weight is 412 g/mol. The molecule has 0 spiro atoms. The molecule has 0 aromatic heterocycles. The Bertz CT molecular complexity index is 628. The number of carbonyl (C=O) groups excluding carboxylic acids is 2. The normalized spacial score (nSPS) is 16.1. The quantitative estimate of drug-likeness (QED) is 0.275. The molecule has 0 bridgehead atoms. The van der Waals surface area contributed by atoms with Crippen molar-refractivity contribution in [3.63, 3.8) is 0 Å². The zero-order valence-electron chi connectivity index (χ0n) is 13.9. The Kier molecular flexibility index (Phi) is 7.22. The Balaban J connectivity index is 5.99. The van der Waals surface area contributed by atoms with E-state index in [9.17, 15) is 50.5 Å². The lowest BCUT2D eigenvalue weighted by Gasteiger charge is -2.36. The fourth-order valence-corrected chi connectivity index (χ4v) is 1.35. The van der Waals surface area contributed by atoms with Crippen molar-refractivity contribution < 1.29 is 60.0 Å². The monoisotopic (exact) mass is 412 g/mol. The number of carbonyl (C=O) groups is 2. The summed E-state index contributed by atoms with van der Waals surface area (Å²) in [4.78, 5) is 22.7. The summed E-state index contributed by atoms with van der Waals surface area (Å²) in [6.45, 7) is 7.87. The van der Waals surface area contributed by atoms with E-state index < -0.39 is 59.6 Å². The predicted octanol–water partition coefficient (Wildman–Crippen LogP) is 2.46. The zero-order chi connectivity index (χ0) is 22.0. The van der Waals surface area contributed by atoms with Crippen molar-refractivity contribution in [2.75, 3.05) is 0 Å². The Hall–Kier alpha value is -2.15. The molecule has 0 fully saturated rings. The highest BCUT2D eigenvalue weighted by atomic mass is 19.4. The number of aliphatic hydroxyl groups excluding tert-OH is 1. The van der Waals surface area contributed by atoms with E-state index in [1.54, 1.807) is 0 Å². The first kappa shape index (κ1) is 24.8. The van der Waals surface area contributed by atoms with E-state index >= 15 is 0 Å². The van der Waals surface area contributed by atoms with Crippen molar-refractivity contribution in [1.82, 2.24) is 0 Å². The van der Waals surface area contributed by atoms with Crippen LogP contribution in [-0.4, -0.2) is 52.3 Å². The van der Waals surface area contributed by atoms with Gasteiger partial charge in [-0.15, -0.1) is 0 Å². The van der Waals surface area contributed by atoms with Gasteiger partial charge in [0.1, 0.15) is 0 Å². The third-order valence-electron chi connectivity index (χ3n) is 2.86. The molecule has 0 aliphatic heterocycles. The van der Waals surface area contributed by atoms with Crippen molar-refractivity contribution in [2.24, 2.45) is 0 Å². The summed E-state index contributed by atoms with van der Waals surface area (Å²) < 4.78 is 97.9. The fourth-order valence-electron chi connectivity index (χ4n) is 1.35. The molecule has 27 heavy (non-hydrogen) atoms. The van der Waals surface area contributed by atoms with Crippen molar-refractivity contribution in [1.29, 1.82) is 0 Å². The molecule has 0 aromatic carbocycles. The van der Waals surface area contributed by atoms with Gasteiger partial charge in [-0.25, -0.2) is 9.59 Å². The van der Waals surface area contributed by atoms with Crippen LogP contribution in [0.15, 0.2) is 24.3 Å². The standard InChI is InChI=1S/C14H15F7O6/c1-6(2)8(22)26-10(24)11(25,27-9(23)7(3)4)5-12(15,16)13(17,18)14(19,20)21/h10,24-25H,1,3,5H2,2,4H3. The van der Waals surface area contributed by atoms with Gasteiger partial charge in [0.2, 0.25) is 0 Å². The van der Waals surface area contributed by atoms with Crippen LogP contribution in [0, 0.1) is 0 Å². The molecule has 0 heterocycles. The average Bonchev–Trinajstić information content (AvgIpc) is 2.44. The SMILES string of the molecule is C=C(C)C(=O)OC(O)C(O)(CC(F)(F)C(F)(F)C(F)(F)F)OC(=O)C(=C)C. The number of ether oxygens (including phenoxy) is 2.